The lowest BCUT2D eigenvalue weighted by molar-refractivity contribution is 0.0635. The topological polar surface area (TPSA) is 90.4 Å². The van der Waals surface area contributed by atoms with Gasteiger partial charge in [0, 0.05) is 11.6 Å². The number of hydrogen-bond donors (Lipinski definition) is 2. The van der Waals surface area contributed by atoms with Crippen LogP contribution in [0, 0.1) is 11.6 Å². The third-order valence-electron chi connectivity index (χ3n) is 2.48. The molecule has 1 heterocycles. The van der Waals surface area contributed by atoms with E-state index in [1.165, 1.54) is 12.1 Å². The third-order valence-corrected chi connectivity index (χ3v) is 2.48. The van der Waals surface area contributed by atoms with E-state index in [4.69, 9.17) is 15.0 Å². The molecule has 22 heavy (non-hydrogen) atoms. The van der Waals surface area contributed by atoms with Crippen molar-refractivity contribution >= 4 is 17.6 Å². The summed E-state index contributed by atoms with van der Waals surface area (Å²) in [4.78, 5) is 11.7. The zero-order chi connectivity index (χ0) is 16.5. The SMILES string of the molecule is CC(C)(C)OC(=O)Nc1cc(-c2cc(N)no2)cc(F)c1F. The lowest BCUT2D eigenvalue weighted by Crippen LogP contribution is -2.27. The number of aromatic nitrogens is 1. The molecule has 8 heteroatoms. The summed E-state index contributed by atoms with van der Waals surface area (Å²) in [5.74, 6) is -2.12. The van der Waals surface area contributed by atoms with Crippen LogP contribution in [0.5, 0.6) is 0 Å². The van der Waals surface area contributed by atoms with E-state index in [1.807, 2.05) is 0 Å². The van der Waals surface area contributed by atoms with Crippen molar-refractivity contribution in [2.24, 2.45) is 0 Å². The minimum atomic E-state index is -1.21. The molecular formula is C14H15F2N3O3. The summed E-state index contributed by atoms with van der Waals surface area (Å²) >= 11 is 0. The molecule has 0 saturated heterocycles. The average Bonchev–Trinajstić information content (AvgIpc) is 2.79. The van der Waals surface area contributed by atoms with Crippen molar-refractivity contribution in [1.82, 2.24) is 5.16 Å². The summed E-state index contributed by atoms with van der Waals surface area (Å²) in [5.41, 5.74) is 4.44. The van der Waals surface area contributed by atoms with Crippen LogP contribution in [0.3, 0.4) is 0 Å². The normalized spacial score (nSPS) is 11.3. The van der Waals surface area contributed by atoms with E-state index < -0.39 is 23.3 Å². The fraction of sp³-hybridized carbons (Fsp3) is 0.286. The van der Waals surface area contributed by atoms with Crippen LogP contribution in [0.1, 0.15) is 20.8 Å². The Morgan fingerprint density at radius 2 is 2.00 bits per heavy atom. The second kappa shape index (κ2) is 5.63. The van der Waals surface area contributed by atoms with Gasteiger partial charge in [-0.1, -0.05) is 5.16 Å². The number of amides is 1. The Kier molecular flexibility index (Phi) is 4.03. The second-order valence-corrected chi connectivity index (χ2v) is 5.56. The molecule has 3 N–H and O–H groups in total. The maximum Gasteiger partial charge on any atom is 0.412 e. The van der Waals surface area contributed by atoms with E-state index >= 15 is 0 Å². The number of anilines is 2. The predicted molar refractivity (Wildman–Crippen MR) is 76.1 cm³/mol. The van der Waals surface area contributed by atoms with Gasteiger partial charge in [0.2, 0.25) is 0 Å². The summed E-state index contributed by atoms with van der Waals surface area (Å²) in [6, 6.07) is 3.46. The van der Waals surface area contributed by atoms with Crippen LogP contribution in [0.15, 0.2) is 22.7 Å². The second-order valence-electron chi connectivity index (χ2n) is 5.56. The van der Waals surface area contributed by atoms with Gasteiger partial charge in [-0.05, 0) is 32.9 Å². The fourth-order valence-corrected chi connectivity index (χ4v) is 1.66. The lowest BCUT2D eigenvalue weighted by atomic mass is 10.1. The van der Waals surface area contributed by atoms with Gasteiger partial charge in [-0.2, -0.15) is 0 Å². The van der Waals surface area contributed by atoms with Crippen molar-refractivity contribution < 1.29 is 22.8 Å². The smallest absolute Gasteiger partial charge is 0.412 e. The molecule has 0 aliphatic heterocycles. The first kappa shape index (κ1) is 15.7. The monoisotopic (exact) mass is 311 g/mol. The number of nitrogen functional groups attached to an aromatic ring is 1. The van der Waals surface area contributed by atoms with Gasteiger partial charge in [-0.15, -0.1) is 0 Å². The quantitative estimate of drug-likeness (QED) is 0.885. The molecule has 0 saturated carbocycles. The van der Waals surface area contributed by atoms with Gasteiger partial charge in [0.1, 0.15) is 5.60 Å². The van der Waals surface area contributed by atoms with Crippen molar-refractivity contribution in [2.45, 2.75) is 26.4 Å². The largest absolute Gasteiger partial charge is 0.444 e. The first-order chi connectivity index (χ1) is 10.2. The number of nitrogens with zero attached hydrogens (tertiary/aromatic N) is 1. The van der Waals surface area contributed by atoms with Crippen LogP contribution in [-0.4, -0.2) is 16.9 Å². The van der Waals surface area contributed by atoms with Crippen molar-refractivity contribution in [3.8, 4) is 11.3 Å². The molecule has 2 aromatic rings. The summed E-state index contributed by atoms with van der Waals surface area (Å²) in [6.07, 6.45) is -0.903. The van der Waals surface area contributed by atoms with Crippen LogP contribution in [0.25, 0.3) is 11.3 Å². The first-order valence-electron chi connectivity index (χ1n) is 6.37. The number of benzene rings is 1. The molecule has 0 radical (unpaired) electrons. The number of nitrogens with one attached hydrogen (secondary N) is 1. The van der Waals surface area contributed by atoms with Gasteiger partial charge in [-0.3, -0.25) is 5.32 Å². The summed E-state index contributed by atoms with van der Waals surface area (Å²) in [5, 5.41) is 5.61. The van der Waals surface area contributed by atoms with Crippen LogP contribution in [-0.2, 0) is 4.74 Å². The molecule has 0 spiro atoms. The molecule has 1 aromatic heterocycles. The molecule has 118 valence electrons. The van der Waals surface area contributed by atoms with Gasteiger partial charge >= 0.3 is 6.09 Å². The molecule has 0 atom stereocenters. The highest BCUT2D eigenvalue weighted by atomic mass is 19.2. The average molecular weight is 311 g/mol. The van der Waals surface area contributed by atoms with Crippen LogP contribution >= 0.6 is 0 Å². The van der Waals surface area contributed by atoms with E-state index in [1.54, 1.807) is 20.8 Å². The van der Waals surface area contributed by atoms with Crippen molar-refractivity contribution in [3.05, 3.63) is 29.8 Å². The van der Waals surface area contributed by atoms with Gasteiger partial charge in [0.25, 0.3) is 0 Å². The molecular weight excluding hydrogens is 296 g/mol. The van der Waals surface area contributed by atoms with Crippen LogP contribution in [0.4, 0.5) is 25.1 Å². The molecule has 0 aliphatic rings. The minimum absolute atomic E-state index is 0.0985. The Hall–Kier alpha value is -2.64. The van der Waals surface area contributed by atoms with Gasteiger partial charge in [0.15, 0.2) is 23.2 Å². The molecule has 0 fully saturated rings. The summed E-state index contributed by atoms with van der Waals surface area (Å²) in [6.45, 7) is 4.95. The molecule has 2 rings (SSSR count). The zero-order valence-electron chi connectivity index (χ0n) is 12.2. The number of halogens is 2. The Morgan fingerprint density at radius 3 is 2.55 bits per heavy atom. The maximum atomic E-state index is 13.8. The lowest BCUT2D eigenvalue weighted by Gasteiger charge is -2.20. The van der Waals surface area contributed by atoms with Crippen molar-refractivity contribution in [2.75, 3.05) is 11.1 Å². The highest BCUT2D eigenvalue weighted by Crippen LogP contribution is 2.28. The first-order valence-corrected chi connectivity index (χ1v) is 6.37. The Morgan fingerprint density at radius 1 is 1.32 bits per heavy atom. The molecule has 6 nitrogen and oxygen atoms in total. The van der Waals surface area contributed by atoms with Crippen molar-refractivity contribution in [1.29, 1.82) is 0 Å². The zero-order valence-corrected chi connectivity index (χ0v) is 12.2. The highest BCUT2D eigenvalue weighted by molar-refractivity contribution is 5.86. The molecule has 1 aromatic carbocycles. The van der Waals surface area contributed by atoms with Crippen molar-refractivity contribution in [3.63, 3.8) is 0 Å². The van der Waals surface area contributed by atoms with Crippen LogP contribution in [0.2, 0.25) is 0 Å². The molecule has 0 aliphatic carbocycles. The number of nitrogens with two attached hydrogens (primary N) is 1. The Bertz CT molecular complexity index is 708. The number of carbonyl (C=O) groups excluding carboxylic acids is 1. The molecule has 0 unspecified atom stereocenters. The molecule has 0 bridgehead atoms. The van der Waals surface area contributed by atoms with E-state index in [9.17, 15) is 13.6 Å². The van der Waals surface area contributed by atoms with Crippen LogP contribution < -0.4 is 11.1 Å². The van der Waals surface area contributed by atoms with E-state index in [0.29, 0.717) is 0 Å². The standard InChI is InChI=1S/C14H15F2N3O3/c1-14(2,3)21-13(20)18-9-5-7(4-8(15)12(9)16)10-6-11(17)19-22-10/h4-6H,1-3H3,(H2,17,19)(H,18,20). The number of ether oxygens (including phenoxy) is 1. The highest BCUT2D eigenvalue weighted by Gasteiger charge is 2.20. The van der Waals surface area contributed by atoms with E-state index in [-0.39, 0.29) is 22.8 Å². The Labute approximate surface area is 125 Å². The molecule has 1 amide bonds. The number of carbonyl (C=O) groups is 1. The van der Waals surface area contributed by atoms with E-state index in [2.05, 4.69) is 10.5 Å². The third kappa shape index (κ3) is 3.72. The summed E-state index contributed by atoms with van der Waals surface area (Å²) < 4.78 is 37.3. The van der Waals surface area contributed by atoms with Gasteiger partial charge in [0.05, 0.1) is 5.69 Å². The number of hydrogen-bond acceptors (Lipinski definition) is 5. The predicted octanol–water partition coefficient (Wildman–Crippen LogP) is 3.55. The van der Waals surface area contributed by atoms with E-state index in [0.717, 1.165) is 6.07 Å². The number of rotatable bonds is 2. The minimum Gasteiger partial charge on any atom is -0.444 e. The maximum absolute atomic E-state index is 13.8. The summed E-state index contributed by atoms with van der Waals surface area (Å²) in [7, 11) is 0. The fourth-order valence-electron chi connectivity index (χ4n) is 1.66. The van der Waals surface area contributed by atoms with Gasteiger partial charge < -0.3 is 15.0 Å². The Balaban J connectivity index is 2.31. The van der Waals surface area contributed by atoms with Gasteiger partial charge in [-0.25, -0.2) is 13.6 Å².